The molecule has 3 rings (SSSR count). The van der Waals surface area contributed by atoms with Crippen molar-refractivity contribution in [3.8, 4) is 0 Å². The van der Waals surface area contributed by atoms with Gasteiger partial charge < -0.3 is 25.8 Å². The number of hydrogen-bond acceptors (Lipinski definition) is 10. The van der Waals surface area contributed by atoms with E-state index in [-0.39, 0.29) is 17.4 Å². The summed E-state index contributed by atoms with van der Waals surface area (Å²) in [6, 6.07) is 0. The predicted molar refractivity (Wildman–Crippen MR) is 70.6 cm³/mol. The van der Waals surface area contributed by atoms with Crippen molar-refractivity contribution in [3.05, 3.63) is 6.33 Å². The number of hydrogen-bond donors (Lipinski definition) is 6. The van der Waals surface area contributed by atoms with Crippen LogP contribution in [0, 0.1) is 0 Å². The SMILES string of the molecule is NNc1nc(N)c2ncn(C3O[C@H](CO)[C@@H](O)C3O)c2n1. The lowest BCUT2D eigenvalue weighted by Crippen LogP contribution is -2.33. The Morgan fingerprint density at radius 1 is 1.33 bits per heavy atom. The number of rotatable bonds is 3. The first-order valence-corrected chi connectivity index (χ1v) is 6.16. The molecule has 1 aliphatic heterocycles. The van der Waals surface area contributed by atoms with Crippen molar-refractivity contribution >= 4 is 22.9 Å². The molecule has 0 aliphatic carbocycles. The minimum Gasteiger partial charge on any atom is -0.394 e. The van der Waals surface area contributed by atoms with Crippen molar-refractivity contribution in [3.63, 3.8) is 0 Å². The van der Waals surface area contributed by atoms with E-state index in [1.807, 2.05) is 0 Å². The molecule has 114 valence electrons. The Labute approximate surface area is 118 Å². The van der Waals surface area contributed by atoms with Gasteiger partial charge in [-0.25, -0.2) is 10.8 Å². The quantitative estimate of drug-likeness (QED) is 0.258. The molecular formula is C10H15N7O4. The highest BCUT2D eigenvalue weighted by molar-refractivity contribution is 5.82. The molecule has 21 heavy (non-hydrogen) atoms. The molecular weight excluding hydrogens is 282 g/mol. The number of aromatic nitrogens is 4. The Morgan fingerprint density at radius 2 is 2.10 bits per heavy atom. The Bertz CT molecular complexity index is 662. The van der Waals surface area contributed by atoms with Gasteiger partial charge in [-0.1, -0.05) is 0 Å². The molecule has 4 atom stereocenters. The van der Waals surface area contributed by atoms with E-state index in [4.69, 9.17) is 21.4 Å². The van der Waals surface area contributed by atoms with Gasteiger partial charge in [0.05, 0.1) is 12.9 Å². The number of nitrogens with one attached hydrogen (secondary N) is 1. The number of nitrogens with zero attached hydrogens (tertiary/aromatic N) is 4. The van der Waals surface area contributed by atoms with Crippen LogP contribution in [-0.2, 0) is 4.74 Å². The number of fused-ring (bicyclic) bond motifs is 1. The summed E-state index contributed by atoms with van der Waals surface area (Å²) in [6.07, 6.45) is -2.96. The first-order valence-electron chi connectivity index (χ1n) is 6.16. The van der Waals surface area contributed by atoms with Crippen molar-refractivity contribution in [1.82, 2.24) is 19.5 Å². The second kappa shape index (κ2) is 5.05. The molecule has 11 heteroatoms. The molecule has 2 aromatic heterocycles. The molecule has 0 aromatic carbocycles. The minimum atomic E-state index is -1.25. The molecule has 2 aromatic rings. The number of hydrazine groups is 1. The van der Waals surface area contributed by atoms with Crippen LogP contribution >= 0.6 is 0 Å². The summed E-state index contributed by atoms with van der Waals surface area (Å²) in [4.78, 5) is 12.1. The largest absolute Gasteiger partial charge is 0.394 e. The molecule has 11 nitrogen and oxygen atoms in total. The number of aliphatic hydroxyl groups is 3. The third-order valence-corrected chi connectivity index (χ3v) is 3.37. The zero-order valence-electron chi connectivity index (χ0n) is 10.8. The van der Waals surface area contributed by atoms with E-state index in [2.05, 4.69) is 20.4 Å². The molecule has 0 bridgehead atoms. The van der Waals surface area contributed by atoms with Gasteiger partial charge in [0.25, 0.3) is 0 Å². The Morgan fingerprint density at radius 3 is 2.71 bits per heavy atom. The normalized spacial score (nSPS) is 29.1. The van der Waals surface area contributed by atoms with Crippen molar-refractivity contribution in [1.29, 1.82) is 0 Å². The highest BCUT2D eigenvalue weighted by atomic mass is 16.6. The summed E-state index contributed by atoms with van der Waals surface area (Å²) in [5.74, 6) is 5.45. The van der Waals surface area contributed by atoms with E-state index < -0.39 is 31.1 Å². The molecule has 0 radical (unpaired) electrons. The van der Waals surface area contributed by atoms with E-state index in [0.717, 1.165) is 0 Å². The summed E-state index contributed by atoms with van der Waals surface area (Å²) in [5.41, 5.74) is 8.61. The van der Waals surface area contributed by atoms with Crippen LogP contribution in [0.5, 0.6) is 0 Å². The highest BCUT2D eigenvalue weighted by Gasteiger charge is 2.44. The number of ether oxygens (including phenoxy) is 1. The lowest BCUT2D eigenvalue weighted by atomic mass is 10.1. The molecule has 2 unspecified atom stereocenters. The average Bonchev–Trinajstić information content (AvgIpc) is 3.02. The molecule has 3 heterocycles. The lowest BCUT2D eigenvalue weighted by Gasteiger charge is -2.16. The molecule has 0 spiro atoms. The van der Waals surface area contributed by atoms with E-state index in [1.54, 1.807) is 0 Å². The van der Waals surface area contributed by atoms with E-state index in [1.165, 1.54) is 10.9 Å². The highest BCUT2D eigenvalue weighted by Crippen LogP contribution is 2.32. The van der Waals surface area contributed by atoms with Gasteiger partial charge >= 0.3 is 0 Å². The maximum absolute atomic E-state index is 10.0. The Balaban J connectivity index is 2.07. The van der Waals surface area contributed by atoms with Crippen LogP contribution < -0.4 is 17.0 Å². The van der Waals surface area contributed by atoms with Gasteiger partial charge in [0.1, 0.15) is 23.8 Å². The first kappa shape index (κ1) is 13.9. The van der Waals surface area contributed by atoms with E-state index in [0.29, 0.717) is 5.52 Å². The summed E-state index contributed by atoms with van der Waals surface area (Å²) >= 11 is 0. The zero-order chi connectivity index (χ0) is 15.1. The molecule has 1 saturated heterocycles. The van der Waals surface area contributed by atoms with Gasteiger partial charge in [-0.05, 0) is 0 Å². The van der Waals surface area contributed by atoms with Gasteiger partial charge in [-0.15, -0.1) is 0 Å². The fourth-order valence-electron chi connectivity index (χ4n) is 2.30. The molecule has 8 N–H and O–H groups in total. The van der Waals surface area contributed by atoms with Gasteiger partial charge in [0, 0.05) is 0 Å². The maximum Gasteiger partial charge on any atom is 0.241 e. The van der Waals surface area contributed by atoms with E-state index >= 15 is 0 Å². The number of nitrogen functional groups attached to an aromatic ring is 2. The Kier molecular flexibility index (Phi) is 3.35. The first-order chi connectivity index (χ1) is 10.1. The number of aliphatic hydroxyl groups excluding tert-OH is 3. The Hall–Kier alpha value is -2.05. The van der Waals surface area contributed by atoms with Crippen LogP contribution in [0.15, 0.2) is 6.33 Å². The number of anilines is 2. The van der Waals surface area contributed by atoms with Gasteiger partial charge in [0.2, 0.25) is 5.95 Å². The van der Waals surface area contributed by atoms with Crippen LogP contribution in [0.2, 0.25) is 0 Å². The van der Waals surface area contributed by atoms with Crippen molar-refractivity contribution < 1.29 is 20.1 Å². The lowest BCUT2D eigenvalue weighted by molar-refractivity contribution is -0.0511. The predicted octanol–water partition coefficient (Wildman–Crippen LogP) is -2.69. The van der Waals surface area contributed by atoms with E-state index in [9.17, 15) is 10.2 Å². The van der Waals surface area contributed by atoms with Crippen LogP contribution in [0.25, 0.3) is 11.2 Å². The summed E-state index contributed by atoms with van der Waals surface area (Å²) in [6.45, 7) is -0.423. The molecule has 1 aliphatic rings. The van der Waals surface area contributed by atoms with Gasteiger partial charge in [-0.3, -0.25) is 9.99 Å². The van der Waals surface area contributed by atoms with Crippen LogP contribution in [0.4, 0.5) is 11.8 Å². The standard InChI is InChI=1S/C10H15N7O4/c11-7-4-8(15-10(14-7)16-12)17(2-13-4)9-6(20)5(19)3(1-18)21-9/h2-3,5-6,9,18-20H,1,12H2,(H3,11,14,15,16)/t3-,5-,6?,9?/m1/s1. The monoisotopic (exact) mass is 297 g/mol. The topological polar surface area (TPSA) is 178 Å². The fourth-order valence-corrected chi connectivity index (χ4v) is 2.30. The minimum absolute atomic E-state index is 0.0773. The van der Waals surface area contributed by atoms with Gasteiger partial charge in [-0.2, -0.15) is 9.97 Å². The molecule has 0 amide bonds. The summed E-state index contributed by atoms with van der Waals surface area (Å²) in [5, 5.41) is 28.9. The maximum atomic E-state index is 10.0. The van der Waals surface area contributed by atoms with Crippen LogP contribution in [-0.4, -0.2) is 59.8 Å². The second-order valence-corrected chi connectivity index (χ2v) is 4.63. The van der Waals surface area contributed by atoms with Crippen LogP contribution in [0.1, 0.15) is 6.23 Å². The third kappa shape index (κ3) is 2.07. The smallest absolute Gasteiger partial charge is 0.241 e. The van der Waals surface area contributed by atoms with Crippen molar-refractivity contribution in [2.45, 2.75) is 24.5 Å². The fraction of sp³-hybridized carbons (Fsp3) is 0.500. The average molecular weight is 297 g/mol. The molecule has 0 saturated carbocycles. The van der Waals surface area contributed by atoms with Crippen molar-refractivity contribution in [2.75, 3.05) is 17.8 Å². The summed E-state index contributed by atoms with van der Waals surface area (Å²) in [7, 11) is 0. The number of imidazole rings is 1. The molecule has 1 fully saturated rings. The zero-order valence-corrected chi connectivity index (χ0v) is 10.8. The van der Waals surface area contributed by atoms with Gasteiger partial charge in [0.15, 0.2) is 17.7 Å². The van der Waals surface area contributed by atoms with Crippen LogP contribution in [0.3, 0.4) is 0 Å². The second-order valence-electron chi connectivity index (χ2n) is 4.63. The summed E-state index contributed by atoms with van der Waals surface area (Å²) < 4.78 is 6.82. The third-order valence-electron chi connectivity index (χ3n) is 3.37. The van der Waals surface area contributed by atoms with Crippen molar-refractivity contribution in [2.24, 2.45) is 5.84 Å². The number of nitrogens with two attached hydrogens (primary N) is 2.